The molecule has 2 radical (unpaired) electrons. The molecule has 0 aromatic rings. The molecular weight excluding hydrogens is 257 g/mol. The predicted octanol–water partition coefficient (Wildman–Crippen LogP) is 0.140. The molecule has 0 bridgehead atoms. The highest BCUT2D eigenvalue weighted by atomic mass is 16.3. The van der Waals surface area contributed by atoms with Gasteiger partial charge in [0.25, 0.3) is 0 Å². The van der Waals surface area contributed by atoms with E-state index in [1.165, 1.54) is 0 Å². The van der Waals surface area contributed by atoms with Crippen molar-refractivity contribution in [3.63, 3.8) is 0 Å². The standard InChI is InChI=1S/C14H18BNO4/c15-13(20)16-10(7-19)12-8(5-17)4-9(6-18)14(12)3-1-2-11(14)16/h5-6,8-12,19H,1-4,7H2/t8?,9?,10-,11?,12?,14?/m1/s1/i19T. The summed E-state index contributed by atoms with van der Waals surface area (Å²) in [5.74, 6) is -1.17. The van der Waals surface area contributed by atoms with E-state index in [1.54, 1.807) is 4.90 Å². The van der Waals surface area contributed by atoms with Crippen molar-refractivity contribution in [3.05, 3.63) is 0 Å². The number of amides is 1. The normalized spacial score (nSPS) is 46.7. The van der Waals surface area contributed by atoms with Crippen LogP contribution >= 0.6 is 0 Å². The number of carbonyl (C=O) groups excluding carboxylic acids is 3. The largest absolute Gasteiger partial charge is 0.394 e. The molecule has 0 aromatic heterocycles. The van der Waals surface area contributed by atoms with Gasteiger partial charge in [-0.15, -0.1) is 0 Å². The molecule has 1 saturated heterocycles. The lowest BCUT2D eigenvalue weighted by Gasteiger charge is -2.34. The Balaban J connectivity index is 2.09. The van der Waals surface area contributed by atoms with Gasteiger partial charge in [0.2, 0.25) is 9.28 Å². The smallest absolute Gasteiger partial charge is 0.210 e. The van der Waals surface area contributed by atoms with Crippen molar-refractivity contribution in [1.82, 2.24) is 4.90 Å². The SMILES string of the molecule is [3H]OC[C@@H]1C2C(C=O)CC(C=O)C23CCCC3N1C([B])=O. The number of aldehydes is 2. The summed E-state index contributed by atoms with van der Waals surface area (Å²) in [6.07, 6.45) is 4.92. The molecule has 2 saturated carbocycles. The summed E-state index contributed by atoms with van der Waals surface area (Å²) >= 11 is 0. The number of rotatable bonds is 4. The second-order valence-corrected chi connectivity index (χ2v) is 6.30. The molecule has 5 nitrogen and oxygen atoms in total. The third kappa shape index (κ3) is 1.46. The van der Waals surface area contributed by atoms with Crippen molar-refractivity contribution in [2.45, 2.75) is 37.8 Å². The van der Waals surface area contributed by atoms with Crippen LogP contribution in [-0.4, -0.2) is 56.4 Å². The summed E-state index contributed by atoms with van der Waals surface area (Å²) in [7, 11) is 5.54. The van der Waals surface area contributed by atoms with E-state index in [2.05, 4.69) is 5.11 Å². The molecule has 1 spiro atoms. The molecule has 2 aliphatic carbocycles. The first-order chi connectivity index (χ1) is 10.1. The molecule has 3 rings (SSSR count). The van der Waals surface area contributed by atoms with Crippen LogP contribution < -0.4 is 0 Å². The molecule has 1 N–H and O–H groups in total. The van der Waals surface area contributed by atoms with Gasteiger partial charge in [-0.3, -0.25) is 4.79 Å². The first-order valence-electron chi connectivity index (χ1n) is 7.59. The summed E-state index contributed by atoms with van der Waals surface area (Å²) in [6.45, 7) is 0.0295. The molecule has 1 amide bonds. The third-order valence-electron chi connectivity index (χ3n) is 5.88. The molecule has 0 aromatic carbocycles. The molecular formula is C14H18BNO4. The first-order valence-corrected chi connectivity index (χ1v) is 7.18. The fourth-order valence-electron chi connectivity index (χ4n) is 5.43. The number of nitrogens with zero attached hydrogens (tertiary/aromatic N) is 1. The summed E-state index contributed by atoms with van der Waals surface area (Å²) in [5, 5.41) is 4.53. The molecule has 106 valence electrons. The highest BCUT2D eigenvalue weighted by molar-refractivity contribution is 6.57. The van der Waals surface area contributed by atoms with Gasteiger partial charge >= 0.3 is 0 Å². The zero-order valence-corrected chi connectivity index (χ0v) is 11.2. The average molecular weight is 277 g/mol. The van der Waals surface area contributed by atoms with Gasteiger partial charge in [0.1, 0.15) is 12.6 Å². The van der Waals surface area contributed by atoms with Crippen LogP contribution in [0.4, 0.5) is 4.79 Å². The maximum atomic E-state index is 11.9. The summed E-state index contributed by atoms with van der Waals surface area (Å²) in [5.41, 5.74) is -0.356. The van der Waals surface area contributed by atoms with Gasteiger partial charge in [-0.25, -0.2) is 0 Å². The minimum atomic E-state index is -0.549. The Kier molecular flexibility index (Phi) is 2.95. The monoisotopic (exact) mass is 277 g/mol. The Hall–Kier alpha value is -1.17. The number of aliphatic hydroxyl groups is 1. The lowest BCUT2D eigenvalue weighted by molar-refractivity contribution is -0.114. The Bertz CT molecular complexity index is 476. The van der Waals surface area contributed by atoms with Crippen LogP contribution in [0.25, 0.3) is 0 Å². The minimum absolute atomic E-state index is 0.0295. The van der Waals surface area contributed by atoms with Gasteiger partial charge in [-0.05, 0) is 25.2 Å². The third-order valence-corrected chi connectivity index (χ3v) is 5.88. The van der Waals surface area contributed by atoms with Crippen LogP contribution in [0.3, 0.4) is 0 Å². The Morgan fingerprint density at radius 1 is 1.50 bits per heavy atom. The molecule has 6 heteroatoms. The van der Waals surface area contributed by atoms with Crippen molar-refractivity contribution in [3.8, 4) is 0 Å². The Labute approximate surface area is 120 Å². The number of aliphatic hydroxyl groups excluding tert-OH is 1. The van der Waals surface area contributed by atoms with Gasteiger partial charge < -0.3 is 19.6 Å². The van der Waals surface area contributed by atoms with E-state index in [4.69, 9.17) is 9.28 Å². The topological polar surface area (TPSA) is 74.7 Å². The van der Waals surface area contributed by atoms with E-state index < -0.39 is 5.81 Å². The molecule has 1 aliphatic heterocycles. The maximum Gasteiger partial charge on any atom is 0.210 e. The van der Waals surface area contributed by atoms with Gasteiger partial charge in [-0.1, -0.05) is 6.42 Å². The highest BCUT2D eigenvalue weighted by Gasteiger charge is 2.69. The zero-order chi connectivity index (χ0) is 15.2. The lowest BCUT2D eigenvalue weighted by atomic mass is 9.69. The second kappa shape index (κ2) is 4.69. The van der Waals surface area contributed by atoms with E-state index in [0.29, 0.717) is 6.42 Å². The van der Waals surface area contributed by atoms with Crippen molar-refractivity contribution in [2.24, 2.45) is 23.2 Å². The van der Waals surface area contributed by atoms with Gasteiger partial charge in [0.15, 0.2) is 5.81 Å². The molecule has 3 fully saturated rings. The van der Waals surface area contributed by atoms with Crippen LogP contribution in [-0.2, 0) is 9.59 Å². The second-order valence-electron chi connectivity index (χ2n) is 6.30. The van der Waals surface area contributed by atoms with E-state index in [1.807, 2.05) is 0 Å². The molecule has 5 unspecified atom stereocenters. The van der Waals surface area contributed by atoms with Crippen LogP contribution in [0, 0.1) is 23.2 Å². The van der Waals surface area contributed by atoms with E-state index in [9.17, 15) is 14.4 Å². The molecule has 20 heavy (non-hydrogen) atoms. The zero-order valence-electron chi connectivity index (χ0n) is 12.2. The molecule has 6 atom stereocenters. The van der Waals surface area contributed by atoms with Crippen molar-refractivity contribution in [2.75, 3.05) is 6.61 Å². The van der Waals surface area contributed by atoms with Gasteiger partial charge in [0.05, 0.1) is 12.6 Å². The van der Waals surface area contributed by atoms with E-state index >= 15 is 0 Å². The summed E-state index contributed by atoms with van der Waals surface area (Å²) in [6, 6.07) is -0.495. The molecule has 3 aliphatic rings. The number of hydrogen-bond acceptors (Lipinski definition) is 4. The average Bonchev–Trinajstić information content (AvgIpc) is 3.06. The minimum Gasteiger partial charge on any atom is -0.394 e. The fraction of sp³-hybridized carbons (Fsp3) is 0.786. The Morgan fingerprint density at radius 2 is 2.30 bits per heavy atom. The van der Waals surface area contributed by atoms with Crippen LogP contribution in [0.2, 0.25) is 0 Å². The van der Waals surface area contributed by atoms with Crippen molar-refractivity contribution in [1.29, 1.82) is 1.43 Å². The quantitative estimate of drug-likeness (QED) is 0.586. The first kappa shape index (κ1) is 12.6. The summed E-state index contributed by atoms with van der Waals surface area (Å²) in [4.78, 5) is 36.5. The van der Waals surface area contributed by atoms with E-state index in [0.717, 1.165) is 31.8 Å². The van der Waals surface area contributed by atoms with Crippen LogP contribution in [0.1, 0.15) is 25.7 Å². The molecule has 1 heterocycles. The van der Waals surface area contributed by atoms with Crippen LogP contribution in [0.5, 0.6) is 0 Å². The number of hydrogen-bond donors (Lipinski definition) is 1. The lowest BCUT2D eigenvalue weighted by Crippen LogP contribution is -2.46. The van der Waals surface area contributed by atoms with Crippen molar-refractivity contribution < 1.29 is 19.5 Å². The number of carbonyl (C=O) groups is 3. The fourth-order valence-corrected chi connectivity index (χ4v) is 5.43. The van der Waals surface area contributed by atoms with Crippen molar-refractivity contribution >= 4 is 26.2 Å². The number of likely N-dealkylation sites (tertiary alicyclic amines) is 1. The highest BCUT2D eigenvalue weighted by Crippen LogP contribution is 2.65. The van der Waals surface area contributed by atoms with Crippen LogP contribution in [0.15, 0.2) is 0 Å². The summed E-state index contributed by atoms with van der Waals surface area (Å²) < 4.78 is 7.04. The maximum absolute atomic E-state index is 11.9. The van der Waals surface area contributed by atoms with Gasteiger partial charge in [-0.2, -0.15) is 0 Å². The van der Waals surface area contributed by atoms with Gasteiger partial charge in [0, 0.05) is 23.3 Å². The Morgan fingerprint density at radius 3 is 2.90 bits per heavy atom. The predicted molar refractivity (Wildman–Crippen MR) is 71.1 cm³/mol. The van der Waals surface area contributed by atoms with E-state index in [-0.39, 0.29) is 41.9 Å².